The van der Waals surface area contributed by atoms with E-state index in [-0.39, 0.29) is 5.91 Å². The lowest BCUT2D eigenvalue weighted by Gasteiger charge is -2.04. The molecule has 0 radical (unpaired) electrons. The summed E-state index contributed by atoms with van der Waals surface area (Å²) in [5.74, 6) is 0.268. The molecule has 1 amide bonds. The number of H-pyrrole nitrogens is 1. The third-order valence-corrected chi connectivity index (χ3v) is 2.70. The molecular weight excluding hydrogens is 228 g/mol. The number of benzene rings is 1. The molecule has 0 spiro atoms. The number of nitrogen functional groups attached to an aromatic ring is 1. The van der Waals surface area contributed by atoms with E-state index in [9.17, 15) is 4.79 Å². The summed E-state index contributed by atoms with van der Waals surface area (Å²) in [7, 11) is 0. The highest BCUT2D eigenvalue weighted by Crippen LogP contribution is 2.18. The van der Waals surface area contributed by atoms with Crippen LogP contribution < -0.4 is 11.1 Å². The molecular formula is C13H16N4O. The summed E-state index contributed by atoms with van der Waals surface area (Å²) in [5, 5.41) is 9.35. The molecule has 1 heterocycles. The number of nitrogens with zero attached hydrogens (tertiary/aromatic N) is 1. The van der Waals surface area contributed by atoms with E-state index in [0.29, 0.717) is 17.9 Å². The van der Waals surface area contributed by atoms with E-state index in [1.165, 1.54) is 0 Å². The van der Waals surface area contributed by atoms with Gasteiger partial charge >= 0.3 is 0 Å². The van der Waals surface area contributed by atoms with Crippen LogP contribution in [0, 0.1) is 13.8 Å². The number of aryl methyl sites for hydroxylation is 2. The van der Waals surface area contributed by atoms with Crippen LogP contribution in [0.15, 0.2) is 24.3 Å². The number of aromatic amines is 1. The maximum absolute atomic E-state index is 11.8. The van der Waals surface area contributed by atoms with E-state index in [0.717, 1.165) is 16.8 Å². The average molecular weight is 244 g/mol. The Morgan fingerprint density at radius 1 is 1.44 bits per heavy atom. The molecule has 5 nitrogen and oxygen atoms in total. The maximum Gasteiger partial charge on any atom is 0.230 e. The van der Waals surface area contributed by atoms with Crippen LogP contribution in [0.5, 0.6) is 0 Å². The van der Waals surface area contributed by atoms with Gasteiger partial charge in [0, 0.05) is 0 Å². The largest absolute Gasteiger partial charge is 0.394 e. The predicted molar refractivity (Wildman–Crippen MR) is 71.2 cm³/mol. The molecule has 2 aromatic rings. The lowest BCUT2D eigenvalue weighted by Crippen LogP contribution is -2.15. The van der Waals surface area contributed by atoms with Crippen molar-refractivity contribution in [3.8, 4) is 0 Å². The number of hydrogen-bond acceptors (Lipinski definition) is 3. The highest BCUT2D eigenvalue weighted by Gasteiger charge is 2.10. The second kappa shape index (κ2) is 4.91. The zero-order valence-electron chi connectivity index (χ0n) is 10.4. The zero-order chi connectivity index (χ0) is 13.1. The van der Waals surface area contributed by atoms with Gasteiger partial charge in [0.1, 0.15) is 0 Å². The second-order valence-electron chi connectivity index (χ2n) is 4.32. The monoisotopic (exact) mass is 244 g/mol. The molecule has 0 saturated heterocycles. The Hall–Kier alpha value is -2.30. The number of rotatable bonds is 3. The molecule has 4 N–H and O–H groups in total. The number of nitrogens with one attached hydrogen (secondary N) is 2. The number of hydrogen-bond donors (Lipinski definition) is 3. The van der Waals surface area contributed by atoms with Gasteiger partial charge in [-0.3, -0.25) is 9.89 Å². The van der Waals surface area contributed by atoms with Crippen molar-refractivity contribution in [2.75, 3.05) is 11.1 Å². The van der Waals surface area contributed by atoms with Crippen LogP contribution in [0.1, 0.15) is 16.8 Å². The van der Waals surface area contributed by atoms with Crippen molar-refractivity contribution in [1.29, 1.82) is 0 Å². The Labute approximate surface area is 105 Å². The van der Waals surface area contributed by atoms with E-state index >= 15 is 0 Å². The first-order chi connectivity index (χ1) is 8.56. The van der Waals surface area contributed by atoms with Crippen molar-refractivity contribution in [3.63, 3.8) is 0 Å². The Morgan fingerprint density at radius 3 is 2.83 bits per heavy atom. The van der Waals surface area contributed by atoms with Crippen molar-refractivity contribution in [3.05, 3.63) is 41.1 Å². The molecule has 1 aromatic heterocycles. The van der Waals surface area contributed by atoms with Crippen molar-refractivity contribution in [2.24, 2.45) is 0 Å². The van der Waals surface area contributed by atoms with E-state index in [1.807, 2.05) is 31.2 Å². The third kappa shape index (κ3) is 2.68. The summed E-state index contributed by atoms with van der Waals surface area (Å²) >= 11 is 0. The molecule has 0 aliphatic heterocycles. The normalized spacial score (nSPS) is 10.3. The predicted octanol–water partition coefficient (Wildman–Crippen LogP) is 1.79. The zero-order valence-corrected chi connectivity index (χ0v) is 10.4. The van der Waals surface area contributed by atoms with Gasteiger partial charge in [0.25, 0.3) is 0 Å². The van der Waals surface area contributed by atoms with Gasteiger partial charge in [-0.25, -0.2) is 0 Å². The fourth-order valence-corrected chi connectivity index (χ4v) is 1.72. The number of amides is 1. The van der Waals surface area contributed by atoms with Crippen molar-refractivity contribution < 1.29 is 4.79 Å². The Balaban J connectivity index is 2.03. The molecule has 0 unspecified atom stereocenters. The fraction of sp³-hybridized carbons (Fsp3) is 0.231. The third-order valence-electron chi connectivity index (χ3n) is 2.70. The minimum absolute atomic E-state index is 0.126. The van der Waals surface area contributed by atoms with Crippen LogP contribution in [0.3, 0.4) is 0 Å². The molecule has 0 fully saturated rings. The van der Waals surface area contributed by atoms with Crippen molar-refractivity contribution in [2.45, 2.75) is 20.3 Å². The van der Waals surface area contributed by atoms with Gasteiger partial charge < -0.3 is 11.1 Å². The summed E-state index contributed by atoms with van der Waals surface area (Å²) in [6, 6.07) is 7.84. The molecule has 0 atom stereocenters. The number of aromatic nitrogens is 2. The van der Waals surface area contributed by atoms with Gasteiger partial charge in [-0.15, -0.1) is 0 Å². The first-order valence-corrected chi connectivity index (χ1v) is 5.72. The molecule has 0 saturated carbocycles. The molecule has 1 aromatic carbocycles. The topological polar surface area (TPSA) is 83.8 Å². The van der Waals surface area contributed by atoms with Crippen LogP contribution in [0.2, 0.25) is 0 Å². The molecule has 94 valence electrons. The number of carbonyl (C=O) groups is 1. The van der Waals surface area contributed by atoms with Crippen LogP contribution in [-0.2, 0) is 11.2 Å². The Bertz CT molecular complexity index is 574. The highest BCUT2D eigenvalue weighted by molar-refractivity contribution is 5.94. The first kappa shape index (κ1) is 12.2. The van der Waals surface area contributed by atoms with Crippen LogP contribution in [0.25, 0.3) is 0 Å². The fourth-order valence-electron chi connectivity index (χ4n) is 1.72. The lowest BCUT2D eigenvalue weighted by molar-refractivity contribution is -0.115. The van der Waals surface area contributed by atoms with Gasteiger partial charge in [-0.05, 0) is 19.4 Å². The Kier molecular flexibility index (Phi) is 3.32. The first-order valence-electron chi connectivity index (χ1n) is 5.72. The van der Waals surface area contributed by atoms with Gasteiger partial charge in [0.05, 0.1) is 17.8 Å². The second-order valence-corrected chi connectivity index (χ2v) is 4.32. The standard InChI is InChI=1S/C13H16N4O/c1-8-4-3-5-10(6-8)7-11(18)15-13-12(14)9(2)16-17-13/h3-6H,7,14H2,1-2H3,(H2,15,16,17,18). The quantitative estimate of drug-likeness (QED) is 0.769. The van der Waals surface area contributed by atoms with E-state index in [2.05, 4.69) is 15.5 Å². The summed E-state index contributed by atoms with van der Waals surface area (Å²) < 4.78 is 0. The molecule has 5 heteroatoms. The van der Waals surface area contributed by atoms with E-state index in [1.54, 1.807) is 6.92 Å². The SMILES string of the molecule is Cc1cccc(CC(=O)Nc2n[nH]c(C)c2N)c1. The number of anilines is 2. The molecule has 0 bridgehead atoms. The molecule has 0 aliphatic rings. The molecule has 18 heavy (non-hydrogen) atoms. The van der Waals surface area contributed by atoms with Gasteiger partial charge in [-0.1, -0.05) is 29.8 Å². The van der Waals surface area contributed by atoms with Gasteiger partial charge in [-0.2, -0.15) is 5.10 Å². The molecule has 2 rings (SSSR count). The summed E-state index contributed by atoms with van der Waals surface area (Å²) in [4.78, 5) is 11.8. The highest BCUT2D eigenvalue weighted by atomic mass is 16.1. The van der Waals surface area contributed by atoms with Crippen LogP contribution in [-0.4, -0.2) is 16.1 Å². The van der Waals surface area contributed by atoms with Crippen LogP contribution in [0.4, 0.5) is 11.5 Å². The maximum atomic E-state index is 11.8. The number of nitrogens with two attached hydrogens (primary N) is 1. The lowest BCUT2D eigenvalue weighted by atomic mass is 10.1. The minimum Gasteiger partial charge on any atom is -0.394 e. The summed E-state index contributed by atoms with van der Waals surface area (Å²) in [6.45, 7) is 3.80. The Morgan fingerprint density at radius 2 is 2.22 bits per heavy atom. The summed E-state index contributed by atoms with van der Waals surface area (Å²) in [6.07, 6.45) is 0.313. The van der Waals surface area contributed by atoms with Crippen molar-refractivity contribution in [1.82, 2.24) is 10.2 Å². The average Bonchev–Trinajstić information content (AvgIpc) is 2.61. The van der Waals surface area contributed by atoms with Gasteiger partial charge in [0.15, 0.2) is 5.82 Å². The minimum atomic E-state index is -0.126. The smallest absolute Gasteiger partial charge is 0.230 e. The summed E-state index contributed by atoms with van der Waals surface area (Å²) in [5.41, 5.74) is 9.10. The molecule has 0 aliphatic carbocycles. The van der Waals surface area contributed by atoms with E-state index < -0.39 is 0 Å². The number of carbonyl (C=O) groups excluding carboxylic acids is 1. The van der Waals surface area contributed by atoms with Gasteiger partial charge in [0.2, 0.25) is 5.91 Å². The van der Waals surface area contributed by atoms with E-state index in [4.69, 9.17) is 5.73 Å². The van der Waals surface area contributed by atoms with Crippen LogP contribution >= 0.6 is 0 Å². The van der Waals surface area contributed by atoms with Crippen molar-refractivity contribution >= 4 is 17.4 Å².